The molecule has 2 aromatic heterocycles. The first-order valence-corrected chi connectivity index (χ1v) is 5.20. The molecular formula is C12H17N3. The van der Waals surface area contributed by atoms with Gasteiger partial charge in [-0.05, 0) is 26.0 Å². The molecule has 0 spiro atoms. The van der Waals surface area contributed by atoms with Crippen LogP contribution in [0, 0.1) is 13.8 Å². The minimum atomic E-state index is 0.991. The molecule has 2 rings (SSSR count). The molecule has 0 aliphatic carbocycles. The highest BCUT2D eigenvalue weighted by Gasteiger charge is 2.03. The van der Waals surface area contributed by atoms with Crippen LogP contribution in [-0.2, 0) is 0 Å². The highest BCUT2D eigenvalue weighted by molar-refractivity contribution is 5.31. The van der Waals surface area contributed by atoms with Crippen LogP contribution in [0.4, 0.5) is 0 Å². The van der Waals surface area contributed by atoms with Crippen LogP contribution in [0.5, 0.6) is 0 Å². The standard InChI is InChI=1S/C10H11N3.C2H6/c1-8-6-12-9(2)13(8)10-4-3-5-11-7-10;1-2/h3-7H,1-2H3;1-2H3. The molecule has 80 valence electrons. The van der Waals surface area contributed by atoms with E-state index in [0.717, 1.165) is 17.2 Å². The molecule has 0 unspecified atom stereocenters. The first kappa shape index (κ1) is 11.4. The summed E-state index contributed by atoms with van der Waals surface area (Å²) < 4.78 is 2.08. The largest absolute Gasteiger partial charge is 0.300 e. The van der Waals surface area contributed by atoms with Crippen molar-refractivity contribution in [3.8, 4) is 5.69 Å². The summed E-state index contributed by atoms with van der Waals surface area (Å²) in [6.07, 6.45) is 5.47. The van der Waals surface area contributed by atoms with Gasteiger partial charge >= 0.3 is 0 Å². The fourth-order valence-corrected chi connectivity index (χ4v) is 1.43. The van der Waals surface area contributed by atoms with Crippen molar-refractivity contribution in [2.24, 2.45) is 0 Å². The molecule has 0 atom stereocenters. The van der Waals surface area contributed by atoms with Crippen molar-refractivity contribution >= 4 is 0 Å². The van der Waals surface area contributed by atoms with Crippen molar-refractivity contribution in [2.45, 2.75) is 27.7 Å². The van der Waals surface area contributed by atoms with Crippen LogP contribution in [0.25, 0.3) is 5.69 Å². The lowest BCUT2D eigenvalue weighted by Crippen LogP contribution is -1.98. The fourth-order valence-electron chi connectivity index (χ4n) is 1.43. The van der Waals surface area contributed by atoms with Crippen molar-refractivity contribution in [3.63, 3.8) is 0 Å². The third-order valence-electron chi connectivity index (χ3n) is 2.02. The summed E-state index contributed by atoms with van der Waals surface area (Å²) >= 11 is 0. The van der Waals surface area contributed by atoms with Gasteiger partial charge in [0.1, 0.15) is 5.82 Å². The maximum atomic E-state index is 4.23. The summed E-state index contributed by atoms with van der Waals surface area (Å²) in [6.45, 7) is 8.02. The first-order chi connectivity index (χ1) is 7.29. The molecule has 0 radical (unpaired) electrons. The highest BCUT2D eigenvalue weighted by Crippen LogP contribution is 2.11. The molecule has 0 N–H and O–H groups in total. The van der Waals surface area contributed by atoms with Gasteiger partial charge in [0.05, 0.1) is 11.9 Å². The Balaban J connectivity index is 0.000000531. The molecule has 15 heavy (non-hydrogen) atoms. The number of rotatable bonds is 1. The zero-order valence-corrected chi connectivity index (χ0v) is 9.73. The average molecular weight is 203 g/mol. The minimum absolute atomic E-state index is 0.991. The zero-order valence-electron chi connectivity index (χ0n) is 9.73. The Hall–Kier alpha value is -1.64. The lowest BCUT2D eigenvalue weighted by atomic mass is 10.4. The smallest absolute Gasteiger partial charge is 0.110 e. The summed E-state index contributed by atoms with van der Waals surface area (Å²) in [6, 6.07) is 3.95. The maximum Gasteiger partial charge on any atom is 0.110 e. The number of hydrogen-bond acceptors (Lipinski definition) is 2. The van der Waals surface area contributed by atoms with E-state index in [1.807, 2.05) is 52.2 Å². The van der Waals surface area contributed by atoms with Gasteiger partial charge in [-0.3, -0.25) is 9.55 Å². The van der Waals surface area contributed by atoms with Crippen molar-refractivity contribution in [1.29, 1.82) is 0 Å². The van der Waals surface area contributed by atoms with Gasteiger partial charge in [0, 0.05) is 18.1 Å². The van der Waals surface area contributed by atoms with Crippen LogP contribution in [0.3, 0.4) is 0 Å². The SMILES string of the molecule is CC.Cc1cnc(C)n1-c1cccnc1. The van der Waals surface area contributed by atoms with E-state index < -0.39 is 0 Å². The molecule has 3 nitrogen and oxygen atoms in total. The zero-order chi connectivity index (χ0) is 11.3. The summed E-state index contributed by atoms with van der Waals surface area (Å²) in [4.78, 5) is 8.30. The Morgan fingerprint density at radius 3 is 2.33 bits per heavy atom. The van der Waals surface area contributed by atoms with Gasteiger partial charge < -0.3 is 0 Å². The van der Waals surface area contributed by atoms with Gasteiger partial charge in [-0.15, -0.1) is 0 Å². The van der Waals surface area contributed by atoms with E-state index in [9.17, 15) is 0 Å². The molecular weight excluding hydrogens is 186 g/mol. The maximum absolute atomic E-state index is 4.23. The monoisotopic (exact) mass is 203 g/mol. The molecule has 2 aromatic rings. The van der Waals surface area contributed by atoms with E-state index in [1.165, 1.54) is 0 Å². The highest BCUT2D eigenvalue weighted by atomic mass is 15.1. The summed E-state index contributed by atoms with van der Waals surface area (Å²) in [5.41, 5.74) is 2.19. The van der Waals surface area contributed by atoms with E-state index in [1.54, 1.807) is 6.20 Å². The third-order valence-corrected chi connectivity index (χ3v) is 2.02. The summed E-state index contributed by atoms with van der Waals surface area (Å²) in [5, 5.41) is 0. The van der Waals surface area contributed by atoms with Crippen LogP contribution in [0.2, 0.25) is 0 Å². The molecule has 0 aliphatic rings. The molecule has 0 aromatic carbocycles. The third kappa shape index (κ3) is 2.43. The molecule has 0 fully saturated rings. The quantitative estimate of drug-likeness (QED) is 0.713. The Kier molecular flexibility index (Phi) is 4.03. The second kappa shape index (κ2) is 5.29. The second-order valence-corrected chi connectivity index (χ2v) is 2.99. The summed E-state index contributed by atoms with van der Waals surface area (Å²) in [5.74, 6) is 0.991. The Morgan fingerprint density at radius 2 is 1.87 bits per heavy atom. The molecule has 0 amide bonds. The molecule has 0 saturated heterocycles. The van der Waals surface area contributed by atoms with Gasteiger partial charge in [-0.2, -0.15) is 0 Å². The van der Waals surface area contributed by atoms with Gasteiger partial charge in [0.15, 0.2) is 0 Å². The number of aryl methyl sites for hydroxylation is 2. The van der Waals surface area contributed by atoms with Gasteiger partial charge in [-0.25, -0.2) is 4.98 Å². The Bertz CT molecular complexity index is 385. The van der Waals surface area contributed by atoms with E-state index in [4.69, 9.17) is 0 Å². The van der Waals surface area contributed by atoms with E-state index in [0.29, 0.717) is 0 Å². The number of hydrogen-bond donors (Lipinski definition) is 0. The van der Waals surface area contributed by atoms with Crippen molar-refractivity contribution in [1.82, 2.24) is 14.5 Å². The van der Waals surface area contributed by atoms with E-state index >= 15 is 0 Å². The molecule has 0 saturated carbocycles. The number of imidazole rings is 1. The average Bonchev–Trinajstić information content (AvgIpc) is 2.63. The van der Waals surface area contributed by atoms with Crippen LogP contribution >= 0.6 is 0 Å². The first-order valence-electron chi connectivity index (χ1n) is 5.20. The fraction of sp³-hybridized carbons (Fsp3) is 0.333. The Labute approximate surface area is 90.8 Å². The molecule has 0 aliphatic heterocycles. The van der Waals surface area contributed by atoms with Crippen molar-refractivity contribution in [3.05, 3.63) is 42.2 Å². The Morgan fingerprint density at radius 1 is 1.13 bits per heavy atom. The van der Waals surface area contributed by atoms with Gasteiger partial charge in [0.2, 0.25) is 0 Å². The van der Waals surface area contributed by atoms with Gasteiger partial charge in [-0.1, -0.05) is 13.8 Å². The van der Waals surface area contributed by atoms with E-state index in [2.05, 4.69) is 14.5 Å². The normalized spacial score (nSPS) is 9.33. The second-order valence-electron chi connectivity index (χ2n) is 2.99. The van der Waals surface area contributed by atoms with Crippen molar-refractivity contribution in [2.75, 3.05) is 0 Å². The summed E-state index contributed by atoms with van der Waals surface area (Å²) in [7, 11) is 0. The van der Waals surface area contributed by atoms with Gasteiger partial charge in [0.25, 0.3) is 0 Å². The molecule has 3 heteroatoms. The molecule has 2 heterocycles. The van der Waals surface area contributed by atoms with Crippen LogP contribution < -0.4 is 0 Å². The number of pyridine rings is 1. The van der Waals surface area contributed by atoms with Crippen LogP contribution in [-0.4, -0.2) is 14.5 Å². The lowest BCUT2D eigenvalue weighted by molar-refractivity contribution is 0.932. The topological polar surface area (TPSA) is 30.7 Å². The van der Waals surface area contributed by atoms with Crippen LogP contribution in [0.15, 0.2) is 30.7 Å². The van der Waals surface area contributed by atoms with Crippen molar-refractivity contribution < 1.29 is 0 Å². The predicted molar refractivity (Wildman–Crippen MR) is 62.2 cm³/mol. The van der Waals surface area contributed by atoms with Crippen LogP contribution in [0.1, 0.15) is 25.4 Å². The van der Waals surface area contributed by atoms with E-state index in [-0.39, 0.29) is 0 Å². The lowest BCUT2D eigenvalue weighted by Gasteiger charge is -2.05. The minimum Gasteiger partial charge on any atom is -0.300 e. The molecule has 0 bridgehead atoms. The number of nitrogens with zero attached hydrogens (tertiary/aromatic N) is 3. The predicted octanol–water partition coefficient (Wildman–Crippen LogP) is 2.91. The number of aromatic nitrogens is 3.